The van der Waals surface area contributed by atoms with Crippen molar-refractivity contribution in [1.82, 2.24) is 44.2 Å². The summed E-state index contributed by atoms with van der Waals surface area (Å²) in [6.45, 7) is 4.00. The van der Waals surface area contributed by atoms with Gasteiger partial charge >= 0.3 is 0 Å². The zero-order chi connectivity index (χ0) is 9.23. The lowest BCUT2D eigenvalue weighted by Gasteiger charge is -2.13. The molecule has 0 bridgehead atoms. The van der Waals surface area contributed by atoms with E-state index in [1.807, 2.05) is 13.8 Å². The minimum Gasteiger partial charge on any atom is -0.257 e. The van der Waals surface area contributed by atoms with Crippen LogP contribution in [-0.2, 0) is 0 Å². The zero-order valence-electron chi connectivity index (χ0n) is 7.15. The largest absolute Gasteiger partial charge is 0.257 e. The van der Waals surface area contributed by atoms with Gasteiger partial charge in [-0.25, -0.2) is 5.43 Å². The van der Waals surface area contributed by atoms with Gasteiger partial charge in [-0.3, -0.25) is 5.84 Å². The van der Waals surface area contributed by atoms with Gasteiger partial charge in [-0.1, -0.05) is 0 Å². The summed E-state index contributed by atoms with van der Waals surface area (Å²) in [6.07, 6.45) is 0. The van der Waals surface area contributed by atoms with Gasteiger partial charge in [0, 0.05) is 6.04 Å². The predicted octanol–water partition coefficient (Wildman–Crippen LogP) is -3.61. The van der Waals surface area contributed by atoms with Crippen molar-refractivity contribution in [3.05, 3.63) is 0 Å². The lowest BCUT2D eigenvalue weighted by molar-refractivity contribution is 0.250. The summed E-state index contributed by atoms with van der Waals surface area (Å²) in [5, 5.41) is 0. The first-order valence-electron chi connectivity index (χ1n) is 3.48. The lowest BCUT2D eigenvalue weighted by Crippen LogP contribution is -2.64. The highest BCUT2D eigenvalue weighted by Gasteiger charge is 1.86. The fourth-order valence-corrected chi connectivity index (χ4v) is 0.342. The summed E-state index contributed by atoms with van der Waals surface area (Å²) in [4.78, 5) is 0. The van der Waals surface area contributed by atoms with E-state index >= 15 is 0 Å². The number of hydrogen-bond donors (Lipinski definition) is 9. The Morgan fingerprint density at radius 3 is 1.83 bits per heavy atom. The molecule has 0 unspecified atom stereocenters. The van der Waals surface area contributed by atoms with E-state index in [0.717, 1.165) is 0 Å². The highest BCUT2D eigenvalue weighted by molar-refractivity contribution is 4.41. The Hall–Kier alpha value is -0.360. The first-order valence-corrected chi connectivity index (χ1v) is 3.48. The summed E-state index contributed by atoms with van der Waals surface area (Å²) in [5.41, 5.74) is 20.1. The zero-order valence-corrected chi connectivity index (χ0v) is 7.15. The summed E-state index contributed by atoms with van der Waals surface area (Å²) in [5.74, 6) is 4.87. The molecule has 0 fully saturated rings. The van der Waals surface area contributed by atoms with Crippen LogP contribution in [0.25, 0.3) is 0 Å². The van der Waals surface area contributed by atoms with Crippen molar-refractivity contribution in [2.45, 2.75) is 19.9 Å². The second kappa shape index (κ2) is 8.73. The van der Waals surface area contributed by atoms with E-state index in [-0.39, 0.29) is 0 Å². The molecule has 0 rings (SSSR count). The van der Waals surface area contributed by atoms with Crippen LogP contribution in [0.1, 0.15) is 13.8 Å². The number of rotatable bonds is 8. The summed E-state index contributed by atoms with van der Waals surface area (Å²) < 4.78 is 0. The van der Waals surface area contributed by atoms with Crippen LogP contribution in [0.5, 0.6) is 0 Å². The van der Waals surface area contributed by atoms with E-state index in [1.165, 1.54) is 0 Å². The monoisotopic (exact) mass is 179 g/mol. The molecule has 0 aliphatic heterocycles. The van der Waals surface area contributed by atoms with E-state index in [1.54, 1.807) is 0 Å². The maximum atomic E-state index is 4.87. The maximum absolute atomic E-state index is 4.87. The van der Waals surface area contributed by atoms with E-state index in [0.29, 0.717) is 6.04 Å². The number of hydrogen-bond acceptors (Lipinski definition) is 9. The van der Waals surface area contributed by atoms with Crippen LogP contribution in [0.3, 0.4) is 0 Å². The molecule has 0 amide bonds. The third-order valence-corrected chi connectivity index (χ3v) is 0.746. The molecule has 0 aromatic carbocycles. The highest BCUT2D eigenvalue weighted by atomic mass is 15.9. The standard InChI is InChI=1S/C3H17N9/c1-3(2)5-7-9-11-12-10-8-6-4/h3,5-12H,4H2,1-2H3. The first kappa shape index (κ1) is 11.6. The van der Waals surface area contributed by atoms with Crippen LogP contribution in [0, 0.1) is 0 Å². The average molecular weight is 179 g/mol. The molecule has 0 saturated carbocycles. The number of nitrogens with one attached hydrogen (secondary N) is 8. The van der Waals surface area contributed by atoms with Crippen molar-refractivity contribution in [3.63, 3.8) is 0 Å². The van der Waals surface area contributed by atoms with Gasteiger partial charge in [-0.05, 0) is 13.8 Å². The molecule has 9 heteroatoms. The van der Waals surface area contributed by atoms with Crippen molar-refractivity contribution in [1.29, 1.82) is 0 Å². The molecule has 0 radical (unpaired) electrons. The lowest BCUT2D eigenvalue weighted by atomic mass is 10.4. The third kappa shape index (κ3) is 9.64. The van der Waals surface area contributed by atoms with E-state index in [2.05, 4.69) is 44.2 Å². The Morgan fingerprint density at radius 2 is 1.33 bits per heavy atom. The van der Waals surface area contributed by atoms with E-state index in [9.17, 15) is 0 Å². The maximum Gasteiger partial charge on any atom is 0.0170 e. The van der Waals surface area contributed by atoms with E-state index < -0.39 is 0 Å². The third-order valence-electron chi connectivity index (χ3n) is 0.746. The fourth-order valence-electron chi connectivity index (χ4n) is 0.342. The van der Waals surface area contributed by atoms with Crippen molar-refractivity contribution >= 4 is 0 Å². The molecule has 0 aliphatic carbocycles. The molecular weight excluding hydrogens is 162 g/mol. The van der Waals surface area contributed by atoms with Gasteiger partial charge in [-0.15, -0.1) is 0 Å². The molecule has 0 aromatic rings. The molecule has 0 atom stereocenters. The molecule has 0 aromatic heterocycles. The second-order valence-electron chi connectivity index (χ2n) is 2.19. The number of hydrazine groups is 8. The fraction of sp³-hybridized carbons (Fsp3) is 1.00. The molecule has 0 spiro atoms. The van der Waals surface area contributed by atoms with Crippen LogP contribution < -0.4 is 50.0 Å². The molecule has 12 heavy (non-hydrogen) atoms. The Kier molecular flexibility index (Phi) is 8.47. The molecule has 9 nitrogen and oxygen atoms in total. The van der Waals surface area contributed by atoms with Gasteiger partial charge in [0.25, 0.3) is 0 Å². The van der Waals surface area contributed by atoms with Crippen molar-refractivity contribution in [2.24, 2.45) is 5.84 Å². The summed E-state index contributed by atoms with van der Waals surface area (Å²) in [6, 6.07) is 0.344. The molecular formula is C3H17N9. The Balaban J connectivity index is 2.82. The molecule has 0 saturated heterocycles. The normalized spacial score (nSPS) is 11.0. The van der Waals surface area contributed by atoms with Gasteiger partial charge in [0.2, 0.25) is 0 Å². The van der Waals surface area contributed by atoms with Crippen molar-refractivity contribution < 1.29 is 0 Å². The van der Waals surface area contributed by atoms with Gasteiger partial charge in [0.1, 0.15) is 0 Å². The van der Waals surface area contributed by atoms with Crippen LogP contribution >= 0.6 is 0 Å². The van der Waals surface area contributed by atoms with Gasteiger partial charge in [0.05, 0.1) is 0 Å². The molecule has 0 aliphatic rings. The molecule has 74 valence electrons. The van der Waals surface area contributed by atoms with Crippen LogP contribution in [0.2, 0.25) is 0 Å². The highest BCUT2D eigenvalue weighted by Crippen LogP contribution is 1.66. The predicted molar refractivity (Wildman–Crippen MR) is 44.4 cm³/mol. The molecule has 10 N–H and O–H groups in total. The van der Waals surface area contributed by atoms with E-state index in [4.69, 9.17) is 5.84 Å². The van der Waals surface area contributed by atoms with Crippen LogP contribution in [0.4, 0.5) is 0 Å². The first-order chi connectivity index (χ1) is 5.77. The topological polar surface area (TPSA) is 122 Å². The van der Waals surface area contributed by atoms with Crippen LogP contribution in [0.15, 0.2) is 0 Å². The SMILES string of the molecule is CC(C)NNNNNNNNN. The quantitative estimate of drug-likeness (QED) is 0.106. The summed E-state index contributed by atoms with van der Waals surface area (Å²) >= 11 is 0. The Labute approximate surface area is 71.0 Å². The van der Waals surface area contributed by atoms with Gasteiger partial charge in [-0.2, -0.15) is 38.7 Å². The van der Waals surface area contributed by atoms with Crippen molar-refractivity contribution in [3.8, 4) is 0 Å². The van der Waals surface area contributed by atoms with Gasteiger partial charge in [0.15, 0.2) is 0 Å². The Morgan fingerprint density at radius 1 is 0.833 bits per heavy atom. The second-order valence-corrected chi connectivity index (χ2v) is 2.19. The number of nitrogens with two attached hydrogens (primary N) is 1. The molecule has 0 heterocycles. The summed E-state index contributed by atoms with van der Waals surface area (Å²) in [7, 11) is 0. The minimum absolute atomic E-state index is 0.344. The Bertz CT molecular complexity index is 83.8. The van der Waals surface area contributed by atoms with Gasteiger partial charge < -0.3 is 0 Å². The minimum atomic E-state index is 0.344. The van der Waals surface area contributed by atoms with Crippen molar-refractivity contribution in [2.75, 3.05) is 0 Å². The van der Waals surface area contributed by atoms with Crippen LogP contribution in [-0.4, -0.2) is 6.04 Å². The smallest absolute Gasteiger partial charge is 0.0170 e. The average Bonchev–Trinajstić information content (AvgIpc) is 2.02.